The van der Waals surface area contributed by atoms with Crippen molar-refractivity contribution in [3.63, 3.8) is 0 Å². The van der Waals surface area contributed by atoms with E-state index in [1.165, 1.54) is 30.3 Å². The molecule has 0 unspecified atom stereocenters. The SMILES string of the molecule is NC(=O)[C@@H](CNC(=O)COc1cccc(F)c1)Cc1ccc(F)cc1. The number of hydrogen-bond donors (Lipinski definition) is 2. The van der Waals surface area contributed by atoms with Crippen LogP contribution in [0.1, 0.15) is 5.56 Å². The maximum absolute atomic E-state index is 13.0. The quantitative estimate of drug-likeness (QED) is 0.763. The number of rotatable bonds is 8. The Morgan fingerprint density at radius 2 is 1.80 bits per heavy atom. The summed E-state index contributed by atoms with van der Waals surface area (Å²) in [5, 5.41) is 2.55. The summed E-state index contributed by atoms with van der Waals surface area (Å²) in [7, 11) is 0. The second-order valence-electron chi connectivity index (χ2n) is 5.48. The summed E-state index contributed by atoms with van der Waals surface area (Å²) in [5.41, 5.74) is 6.08. The highest BCUT2D eigenvalue weighted by atomic mass is 19.1. The normalized spacial score (nSPS) is 11.6. The number of ether oxygens (including phenoxy) is 1. The van der Waals surface area contributed by atoms with E-state index in [0.717, 1.165) is 11.6 Å². The molecule has 0 aliphatic carbocycles. The summed E-state index contributed by atoms with van der Waals surface area (Å²) in [6, 6.07) is 11.1. The number of carbonyl (C=O) groups excluding carboxylic acids is 2. The fourth-order valence-corrected chi connectivity index (χ4v) is 2.17. The predicted molar refractivity (Wildman–Crippen MR) is 87.7 cm³/mol. The van der Waals surface area contributed by atoms with Crippen molar-refractivity contribution in [2.24, 2.45) is 11.7 Å². The van der Waals surface area contributed by atoms with Gasteiger partial charge in [-0.1, -0.05) is 18.2 Å². The molecule has 2 amide bonds. The summed E-state index contributed by atoms with van der Waals surface area (Å²) < 4.78 is 31.1. The van der Waals surface area contributed by atoms with Crippen LogP contribution >= 0.6 is 0 Å². The first-order valence-corrected chi connectivity index (χ1v) is 7.63. The summed E-state index contributed by atoms with van der Waals surface area (Å²) in [5.74, 6) is -2.28. The van der Waals surface area contributed by atoms with E-state index in [0.29, 0.717) is 0 Å². The van der Waals surface area contributed by atoms with Crippen molar-refractivity contribution in [1.82, 2.24) is 5.32 Å². The van der Waals surface area contributed by atoms with Gasteiger partial charge in [-0.05, 0) is 36.2 Å². The maximum Gasteiger partial charge on any atom is 0.257 e. The maximum atomic E-state index is 13.0. The van der Waals surface area contributed by atoms with Crippen LogP contribution in [-0.4, -0.2) is 25.0 Å². The lowest BCUT2D eigenvalue weighted by atomic mass is 9.98. The van der Waals surface area contributed by atoms with Gasteiger partial charge in [-0.15, -0.1) is 0 Å². The van der Waals surface area contributed by atoms with Crippen LogP contribution in [0.4, 0.5) is 8.78 Å². The number of halogens is 2. The first-order chi connectivity index (χ1) is 11.9. The van der Waals surface area contributed by atoms with Gasteiger partial charge in [0.2, 0.25) is 5.91 Å². The molecule has 132 valence electrons. The van der Waals surface area contributed by atoms with Crippen LogP contribution in [0, 0.1) is 17.6 Å². The van der Waals surface area contributed by atoms with E-state index in [1.54, 1.807) is 12.1 Å². The standard InChI is InChI=1S/C18H18F2N2O3/c19-14-6-4-12(5-7-14)8-13(18(21)24)10-22-17(23)11-25-16-3-1-2-15(20)9-16/h1-7,9,13H,8,10-11H2,(H2,21,24)(H,22,23)/t13-/m1/s1. The van der Waals surface area contributed by atoms with Crippen molar-refractivity contribution in [2.75, 3.05) is 13.2 Å². The van der Waals surface area contributed by atoms with E-state index in [9.17, 15) is 18.4 Å². The number of hydrogen-bond acceptors (Lipinski definition) is 3. The molecule has 5 nitrogen and oxygen atoms in total. The van der Waals surface area contributed by atoms with E-state index >= 15 is 0 Å². The molecule has 0 fully saturated rings. The van der Waals surface area contributed by atoms with E-state index in [2.05, 4.69) is 5.32 Å². The van der Waals surface area contributed by atoms with E-state index in [1.807, 2.05) is 0 Å². The smallest absolute Gasteiger partial charge is 0.257 e. The zero-order valence-corrected chi connectivity index (χ0v) is 13.4. The Morgan fingerprint density at radius 3 is 2.44 bits per heavy atom. The molecule has 0 bridgehead atoms. The van der Waals surface area contributed by atoms with Gasteiger partial charge in [-0.2, -0.15) is 0 Å². The second-order valence-corrected chi connectivity index (χ2v) is 5.48. The zero-order valence-electron chi connectivity index (χ0n) is 13.4. The first kappa shape index (κ1) is 18.4. The number of nitrogens with two attached hydrogens (primary N) is 1. The molecule has 0 aromatic heterocycles. The lowest BCUT2D eigenvalue weighted by molar-refractivity contribution is -0.124. The van der Waals surface area contributed by atoms with Gasteiger partial charge in [-0.3, -0.25) is 9.59 Å². The Morgan fingerprint density at radius 1 is 1.08 bits per heavy atom. The molecule has 3 N–H and O–H groups in total. The largest absolute Gasteiger partial charge is 0.484 e. The highest BCUT2D eigenvalue weighted by molar-refractivity contribution is 5.80. The van der Waals surface area contributed by atoms with Crippen LogP contribution in [0.25, 0.3) is 0 Å². The van der Waals surface area contributed by atoms with Gasteiger partial charge in [0, 0.05) is 12.6 Å². The third-order valence-electron chi connectivity index (χ3n) is 3.51. The molecule has 0 spiro atoms. The zero-order chi connectivity index (χ0) is 18.2. The summed E-state index contributed by atoms with van der Waals surface area (Å²) in [4.78, 5) is 23.3. The molecule has 0 radical (unpaired) electrons. The highest BCUT2D eigenvalue weighted by Gasteiger charge is 2.17. The van der Waals surface area contributed by atoms with Crippen LogP contribution in [0.5, 0.6) is 5.75 Å². The van der Waals surface area contributed by atoms with Gasteiger partial charge in [0.25, 0.3) is 5.91 Å². The van der Waals surface area contributed by atoms with Gasteiger partial charge in [0.15, 0.2) is 6.61 Å². The molecule has 0 aliphatic heterocycles. The molecule has 1 atom stereocenters. The van der Waals surface area contributed by atoms with Crippen molar-refractivity contribution in [1.29, 1.82) is 0 Å². The topological polar surface area (TPSA) is 81.4 Å². The molecule has 2 aromatic rings. The van der Waals surface area contributed by atoms with E-state index < -0.39 is 23.5 Å². The lowest BCUT2D eigenvalue weighted by Crippen LogP contribution is -2.39. The van der Waals surface area contributed by atoms with Gasteiger partial charge in [0.1, 0.15) is 17.4 Å². The minimum atomic E-state index is -0.636. The molecule has 25 heavy (non-hydrogen) atoms. The van der Waals surface area contributed by atoms with Gasteiger partial charge in [-0.25, -0.2) is 8.78 Å². The molecule has 0 aliphatic rings. The molecule has 0 saturated heterocycles. The minimum absolute atomic E-state index is 0.0258. The third-order valence-corrected chi connectivity index (χ3v) is 3.51. The summed E-state index contributed by atoms with van der Waals surface area (Å²) in [6.45, 7) is -0.288. The monoisotopic (exact) mass is 348 g/mol. The number of primary amides is 1. The van der Waals surface area contributed by atoms with Crippen LogP contribution in [0.15, 0.2) is 48.5 Å². The minimum Gasteiger partial charge on any atom is -0.484 e. The Balaban J connectivity index is 1.82. The number of benzene rings is 2. The summed E-state index contributed by atoms with van der Waals surface area (Å²) >= 11 is 0. The fourth-order valence-electron chi connectivity index (χ4n) is 2.17. The van der Waals surface area contributed by atoms with Crippen molar-refractivity contribution < 1.29 is 23.1 Å². The highest BCUT2D eigenvalue weighted by Crippen LogP contribution is 2.12. The van der Waals surface area contributed by atoms with Gasteiger partial charge >= 0.3 is 0 Å². The Bertz CT molecular complexity index is 735. The Kier molecular flexibility index (Phi) is 6.45. The number of carbonyl (C=O) groups is 2. The van der Waals surface area contributed by atoms with Gasteiger partial charge in [0.05, 0.1) is 5.92 Å². The molecule has 0 heterocycles. The van der Waals surface area contributed by atoms with Crippen molar-refractivity contribution in [2.45, 2.75) is 6.42 Å². The molecular formula is C18H18F2N2O3. The summed E-state index contributed by atoms with van der Waals surface area (Å²) in [6.07, 6.45) is 0.278. The Hall–Kier alpha value is -2.96. The van der Waals surface area contributed by atoms with E-state index in [4.69, 9.17) is 10.5 Å². The number of amides is 2. The first-order valence-electron chi connectivity index (χ1n) is 7.63. The molecular weight excluding hydrogens is 330 g/mol. The fraction of sp³-hybridized carbons (Fsp3) is 0.222. The van der Waals surface area contributed by atoms with E-state index in [-0.39, 0.29) is 31.1 Å². The van der Waals surface area contributed by atoms with Crippen LogP contribution in [-0.2, 0) is 16.0 Å². The lowest BCUT2D eigenvalue weighted by Gasteiger charge is -2.15. The van der Waals surface area contributed by atoms with Crippen LogP contribution < -0.4 is 15.8 Å². The Labute approximate surface area is 143 Å². The van der Waals surface area contributed by atoms with Crippen molar-refractivity contribution in [3.05, 3.63) is 65.7 Å². The average molecular weight is 348 g/mol. The molecule has 2 aromatic carbocycles. The molecule has 7 heteroatoms. The van der Waals surface area contributed by atoms with Crippen molar-refractivity contribution in [3.8, 4) is 5.75 Å². The van der Waals surface area contributed by atoms with Gasteiger partial charge < -0.3 is 15.8 Å². The number of nitrogens with one attached hydrogen (secondary N) is 1. The third kappa shape index (κ3) is 6.21. The van der Waals surface area contributed by atoms with Crippen LogP contribution in [0.2, 0.25) is 0 Å². The molecule has 2 rings (SSSR count). The average Bonchev–Trinajstić information content (AvgIpc) is 2.58. The second kappa shape index (κ2) is 8.77. The predicted octanol–water partition coefficient (Wildman–Crippen LogP) is 1.80. The molecule has 0 saturated carbocycles. The van der Waals surface area contributed by atoms with Crippen LogP contribution in [0.3, 0.4) is 0 Å². The van der Waals surface area contributed by atoms with Crippen molar-refractivity contribution >= 4 is 11.8 Å².